The molecule has 9 heteroatoms. The van der Waals surface area contributed by atoms with Gasteiger partial charge in [0.2, 0.25) is 5.91 Å². The van der Waals surface area contributed by atoms with Crippen LogP contribution in [0.4, 0.5) is 5.69 Å². The van der Waals surface area contributed by atoms with Gasteiger partial charge in [-0.05, 0) is 42.5 Å². The van der Waals surface area contributed by atoms with Crippen molar-refractivity contribution in [2.24, 2.45) is 5.73 Å². The minimum Gasteiger partial charge on any atom is -0.369 e. The Kier molecular flexibility index (Phi) is 6.66. The third-order valence-corrected chi connectivity index (χ3v) is 5.72. The fraction of sp³-hybridized carbons (Fsp3) is 0.316. The zero-order chi connectivity index (χ0) is 20.1. The number of likely N-dealkylation sites (tertiary alicyclic amines) is 1. The lowest BCUT2D eigenvalue weighted by Gasteiger charge is -2.31. The minimum absolute atomic E-state index is 0.0245. The SMILES string of the molecule is NC(=O)CN1CCC(NC(=O)c2ccc(Cl)c(NC(=O)c3cccs3)c2)CC1. The van der Waals surface area contributed by atoms with Crippen LogP contribution in [0.25, 0.3) is 0 Å². The second-order valence-corrected chi connectivity index (χ2v) is 7.97. The van der Waals surface area contributed by atoms with Gasteiger partial charge in [0.25, 0.3) is 11.8 Å². The molecule has 0 atom stereocenters. The molecule has 0 saturated carbocycles. The quantitative estimate of drug-likeness (QED) is 0.667. The highest BCUT2D eigenvalue weighted by Gasteiger charge is 2.22. The third kappa shape index (κ3) is 5.31. The molecule has 4 N–H and O–H groups in total. The van der Waals surface area contributed by atoms with E-state index in [-0.39, 0.29) is 30.3 Å². The summed E-state index contributed by atoms with van der Waals surface area (Å²) in [5.41, 5.74) is 6.03. The highest BCUT2D eigenvalue weighted by atomic mass is 35.5. The van der Waals surface area contributed by atoms with Crippen LogP contribution in [-0.4, -0.2) is 48.3 Å². The number of nitrogens with zero attached hydrogens (tertiary/aromatic N) is 1. The monoisotopic (exact) mass is 420 g/mol. The Morgan fingerprint density at radius 2 is 1.93 bits per heavy atom. The van der Waals surface area contributed by atoms with Crippen molar-refractivity contribution in [2.75, 3.05) is 25.0 Å². The van der Waals surface area contributed by atoms with Crippen LogP contribution in [0.2, 0.25) is 5.02 Å². The van der Waals surface area contributed by atoms with E-state index >= 15 is 0 Å². The van der Waals surface area contributed by atoms with Gasteiger partial charge in [0, 0.05) is 24.7 Å². The first-order valence-corrected chi connectivity index (χ1v) is 10.1. The molecule has 0 bridgehead atoms. The number of rotatable bonds is 6. The van der Waals surface area contributed by atoms with Crippen molar-refractivity contribution in [3.8, 4) is 0 Å². The molecule has 0 unspecified atom stereocenters. The lowest BCUT2D eigenvalue weighted by Crippen LogP contribution is -2.46. The van der Waals surface area contributed by atoms with Crippen molar-refractivity contribution >= 4 is 46.3 Å². The van der Waals surface area contributed by atoms with E-state index in [0.717, 1.165) is 12.8 Å². The van der Waals surface area contributed by atoms with E-state index in [1.54, 1.807) is 30.3 Å². The maximum Gasteiger partial charge on any atom is 0.265 e. The number of benzene rings is 1. The molecule has 0 aliphatic carbocycles. The van der Waals surface area contributed by atoms with Crippen molar-refractivity contribution in [3.05, 3.63) is 51.2 Å². The first-order valence-electron chi connectivity index (χ1n) is 8.88. The van der Waals surface area contributed by atoms with Crippen LogP contribution in [0.3, 0.4) is 0 Å². The summed E-state index contributed by atoms with van der Waals surface area (Å²) in [4.78, 5) is 38.4. The number of nitrogens with two attached hydrogens (primary N) is 1. The topological polar surface area (TPSA) is 105 Å². The molecule has 1 aromatic carbocycles. The van der Waals surface area contributed by atoms with Gasteiger partial charge in [-0.15, -0.1) is 11.3 Å². The van der Waals surface area contributed by atoms with Crippen LogP contribution >= 0.6 is 22.9 Å². The van der Waals surface area contributed by atoms with Crippen LogP contribution in [0.15, 0.2) is 35.7 Å². The number of anilines is 1. The number of halogens is 1. The summed E-state index contributed by atoms with van der Waals surface area (Å²) in [6.45, 7) is 1.65. The molecule has 1 fully saturated rings. The van der Waals surface area contributed by atoms with Crippen molar-refractivity contribution in [2.45, 2.75) is 18.9 Å². The molecule has 7 nitrogen and oxygen atoms in total. The maximum absolute atomic E-state index is 12.6. The van der Waals surface area contributed by atoms with E-state index in [2.05, 4.69) is 10.6 Å². The number of carbonyl (C=O) groups is 3. The zero-order valence-corrected chi connectivity index (χ0v) is 16.7. The van der Waals surface area contributed by atoms with E-state index in [1.807, 2.05) is 10.3 Å². The lowest BCUT2D eigenvalue weighted by molar-refractivity contribution is -0.119. The van der Waals surface area contributed by atoms with Gasteiger partial charge in [0.1, 0.15) is 0 Å². The smallest absolute Gasteiger partial charge is 0.265 e. The fourth-order valence-electron chi connectivity index (χ4n) is 3.08. The largest absolute Gasteiger partial charge is 0.369 e. The molecule has 148 valence electrons. The van der Waals surface area contributed by atoms with Gasteiger partial charge in [-0.3, -0.25) is 19.3 Å². The fourth-order valence-corrected chi connectivity index (χ4v) is 3.86. The van der Waals surface area contributed by atoms with Gasteiger partial charge in [-0.25, -0.2) is 0 Å². The predicted octanol–water partition coefficient (Wildman–Crippen LogP) is 2.33. The van der Waals surface area contributed by atoms with Crippen molar-refractivity contribution in [1.82, 2.24) is 10.2 Å². The van der Waals surface area contributed by atoms with Crippen LogP contribution in [0, 0.1) is 0 Å². The van der Waals surface area contributed by atoms with Gasteiger partial charge >= 0.3 is 0 Å². The summed E-state index contributed by atoms with van der Waals surface area (Å²) in [6.07, 6.45) is 1.49. The molecule has 1 aromatic heterocycles. The molecule has 1 saturated heterocycles. The summed E-state index contributed by atoms with van der Waals surface area (Å²) < 4.78 is 0. The molecular formula is C19H21ClN4O3S. The second kappa shape index (κ2) is 9.18. The van der Waals surface area contributed by atoms with E-state index in [9.17, 15) is 14.4 Å². The standard InChI is InChI=1S/C19H21ClN4O3S/c20-14-4-3-12(10-15(14)23-19(27)16-2-1-9-28-16)18(26)22-13-5-7-24(8-6-13)11-17(21)25/h1-4,9-10,13H,5-8,11H2,(H2,21,25)(H,22,26)(H,23,27). The van der Waals surface area contributed by atoms with Gasteiger partial charge in [-0.1, -0.05) is 17.7 Å². The molecule has 2 heterocycles. The van der Waals surface area contributed by atoms with E-state index < -0.39 is 0 Å². The van der Waals surface area contributed by atoms with Crippen LogP contribution < -0.4 is 16.4 Å². The number of primary amides is 1. The Hall–Kier alpha value is -2.42. The number of hydrogen-bond acceptors (Lipinski definition) is 5. The van der Waals surface area contributed by atoms with E-state index in [0.29, 0.717) is 34.2 Å². The average Bonchev–Trinajstić information content (AvgIpc) is 3.19. The summed E-state index contributed by atoms with van der Waals surface area (Å²) >= 11 is 7.50. The molecule has 0 spiro atoms. The number of carbonyl (C=O) groups excluding carboxylic acids is 3. The van der Waals surface area contributed by atoms with Crippen LogP contribution in [-0.2, 0) is 4.79 Å². The molecule has 2 aromatic rings. The number of hydrogen-bond donors (Lipinski definition) is 3. The van der Waals surface area contributed by atoms with Crippen molar-refractivity contribution in [3.63, 3.8) is 0 Å². The maximum atomic E-state index is 12.6. The number of nitrogens with one attached hydrogen (secondary N) is 2. The summed E-state index contributed by atoms with van der Waals surface area (Å²) in [6, 6.07) is 8.33. The highest BCUT2D eigenvalue weighted by Crippen LogP contribution is 2.24. The number of amides is 3. The lowest BCUT2D eigenvalue weighted by atomic mass is 10.0. The number of piperidine rings is 1. The first-order chi connectivity index (χ1) is 13.4. The molecule has 3 amide bonds. The predicted molar refractivity (Wildman–Crippen MR) is 110 cm³/mol. The average molecular weight is 421 g/mol. The van der Waals surface area contributed by atoms with E-state index in [1.165, 1.54) is 11.3 Å². The second-order valence-electron chi connectivity index (χ2n) is 6.62. The Balaban J connectivity index is 1.60. The number of thiophene rings is 1. The van der Waals surface area contributed by atoms with Crippen molar-refractivity contribution in [1.29, 1.82) is 0 Å². The Morgan fingerprint density at radius 3 is 2.57 bits per heavy atom. The van der Waals surface area contributed by atoms with Crippen molar-refractivity contribution < 1.29 is 14.4 Å². The molecule has 3 rings (SSSR count). The molecule has 1 aliphatic heterocycles. The highest BCUT2D eigenvalue weighted by molar-refractivity contribution is 7.12. The van der Waals surface area contributed by atoms with Crippen LogP contribution in [0.5, 0.6) is 0 Å². The van der Waals surface area contributed by atoms with Gasteiger partial charge in [-0.2, -0.15) is 0 Å². The molecule has 28 heavy (non-hydrogen) atoms. The summed E-state index contributed by atoms with van der Waals surface area (Å²) in [7, 11) is 0. The van der Waals surface area contributed by atoms with E-state index in [4.69, 9.17) is 17.3 Å². The summed E-state index contributed by atoms with van der Waals surface area (Å²) in [5.74, 6) is -0.839. The molecule has 0 radical (unpaired) electrons. The molecular weight excluding hydrogens is 400 g/mol. The first kappa shape index (κ1) is 20.3. The van der Waals surface area contributed by atoms with Gasteiger partial charge < -0.3 is 16.4 Å². The van der Waals surface area contributed by atoms with Gasteiger partial charge in [0.15, 0.2) is 0 Å². The Bertz CT molecular complexity index is 864. The van der Waals surface area contributed by atoms with Gasteiger partial charge in [0.05, 0.1) is 22.1 Å². The summed E-state index contributed by atoms with van der Waals surface area (Å²) in [5, 5.41) is 7.92. The Labute approximate surface area is 171 Å². The third-order valence-electron chi connectivity index (χ3n) is 4.52. The Morgan fingerprint density at radius 1 is 1.18 bits per heavy atom. The van der Waals surface area contributed by atoms with Crippen LogP contribution in [0.1, 0.15) is 32.9 Å². The zero-order valence-electron chi connectivity index (χ0n) is 15.1. The normalized spacial score (nSPS) is 15.2. The minimum atomic E-state index is -0.347. The molecule has 1 aliphatic rings.